The summed E-state index contributed by atoms with van der Waals surface area (Å²) in [6.45, 7) is 1.49. The van der Waals surface area contributed by atoms with Crippen molar-refractivity contribution >= 4 is 27.5 Å². The highest BCUT2D eigenvalue weighted by Crippen LogP contribution is 2.25. The van der Waals surface area contributed by atoms with Gasteiger partial charge in [0.05, 0.1) is 0 Å². The number of hydrogen-bond donors (Lipinski definition) is 0. The van der Waals surface area contributed by atoms with E-state index in [0.717, 1.165) is 16.6 Å². The van der Waals surface area contributed by atoms with Gasteiger partial charge >= 0.3 is 0 Å². The fourth-order valence-electron chi connectivity index (χ4n) is 2.83. The Morgan fingerprint density at radius 2 is 2.00 bits per heavy atom. The van der Waals surface area contributed by atoms with Crippen LogP contribution in [0.4, 0.5) is 4.39 Å². The molecule has 1 aromatic rings. The van der Waals surface area contributed by atoms with Crippen molar-refractivity contribution in [2.75, 3.05) is 12.4 Å². The van der Waals surface area contributed by atoms with Gasteiger partial charge in [0.1, 0.15) is 5.82 Å². The van der Waals surface area contributed by atoms with E-state index in [9.17, 15) is 4.39 Å². The van der Waals surface area contributed by atoms with Crippen molar-refractivity contribution in [3.63, 3.8) is 0 Å². The Morgan fingerprint density at radius 3 is 2.68 bits per heavy atom. The van der Waals surface area contributed by atoms with Crippen LogP contribution < -0.4 is 0 Å². The first-order valence-electron chi connectivity index (χ1n) is 6.94. The van der Waals surface area contributed by atoms with Crippen molar-refractivity contribution in [3.8, 4) is 0 Å². The van der Waals surface area contributed by atoms with E-state index in [1.165, 1.54) is 38.2 Å². The molecule has 0 N–H and O–H groups in total. The van der Waals surface area contributed by atoms with Gasteiger partial charge in [-0.15, -0.1) is 11.6 Å². The van der Waals surface area contributed by atoms with Crippen LogP contribution in [-0.4, -0.2) is 23.4 Å². The van der Waals surface area contributed by atoms with Crippen LogP contribution in [0.1, 0.15) is 37.7 Å². The average molecular weight is 349 g/mol. The third kappa shape index (κ3) is 4.44. The maximum Gasteiger partial charge on any atom is 0.127 e. The van der Waals surface area contributed by atoms with Gasteiger partial charge in [0.15, 0.2) is 0 Å². The zero-order valence-electron chi connectivity index (χ0n) is 11.0. The number of rotatable bonds is 5. The molecule has 1 aliphatic rings. The van der Waals surface area contributed by atoms with Crippen LogP contribution in [0.5, 0.6) is 0 Å². The second-order valence-corrected chi connectivity index (χ2v) is 6.48. The second-order valence-electron chi connectivity index (χ2n) is 5.19. The Balaban J connectivity index is 2.08. The van der Waals surface area contributed by atoms with E-state index in [1.54, 1.807) is 6.07 Å². The molecule has 0 saturated heterocycles. The lowest BCUT2D eigenvalue weighted by atomic mass is 9.94. The fourth-order valence-corrected chi connectivity index (χ4v) is 3.45. The molecule has 0 unspecified atom stereocenters. The zero-order valence-corrected chi connectivity index (χ0v) is 13.4. The number of halogens is 3. The van der Waals surface area contributed by atoms with E-state index in [2.05, 4.69) is 20.8 Å². The molecule has 106 valence electrons. The molecule has 1 saturated carbocycles. The molecule has 0 heterocycles. The Bertz CT molecular complexity index is 407. The molecule has 0 aromatic heterocycles. The summed E-state index contributed by atoms with van der Waals surface area (Å²) >= 11 is 9.32. The van der Waals surface area contributed by atoms with Crippen LogP contribution in [-0.2, 0) is 6.54 Å². The minimum atomic E-state index is -0.126. The number of alkyl halides is 1. The van der Waals surface area contributed by atoms with E-state index in [4.69, 9.17) is 11.6 Å². The summed E-state index contributed by atoms with van der Waals surface area (Å²) in [5.41, 5.74) is 0.755. The molecule has 0 bridgehead atoms. The molecule has 1 aromatic carbocycles. The van der Waals surface area contributed by atoms with Gasteiger partial charge in [-0.05, 0) is 31.0 Å². The maximum atomic E-state index is 13.9. The SMILES string of the molecule is Fc1ccc(Br)cc1CN(CCCl)C1CCCCC1. The number of benzene rings is 1. The van der Waals surface area contributed by atoms with Gasteiger partial charge in [0.2, 0.25) is 0 Å². The zero-order chi connectivity index (χ0) is 13.7. The van der Waals surface area contributed by atoms with Gasteiger partial charge in [-0.1, -0.05) is 35.2 Å². The molecule has 1 nitrogen and oxygen atoms in total. The van der Waals surface area contributed by atoms with Crippen molar-refractivity contribution in [3.05, 3.63) is 34.1 Å². The van der Waals surface area contributed by atoms with Crippen molar-refractivity contribution in [2.24, 2.45) is 0 Å². The summed E-state index contributed by atoms with van der Waals surface area (Å²) in [6, 6.07) is 5.70. The summed E-state index contributed by atoms with van der Waals surface area (Å²) in [7, 11) is 0. The third-order valence-corrected chi connectivity index (χ3v) is 4.51. The highest BCUT2D eigenvalue weighted by molar-refractivity contribution is 9.10. The molecule has 1 fully saturated rings. The van der Waals surface area contributed by atoms with E-state index in [1.807, 2.05) is 6.07 Å². The molecule has 0 spiro atoms. The quantitative estimate of drug-likeness (QED) is 0.680. The lowest BCUT2D eigenvalue weighted by molar-refractivity contribution is 0.155. The van der Waals surface area contributed by atoms with Gasteiger partial charge in [-0.25, -0.2) is 4.39 Å². The smallest absolute Gasteiger partial charge is 0.127 e. The normalized spacial score (nSPS) is 17.1. The van der Waals surface area contributed by atoms with Crippen molar-refractivity contribution in [1.82, 2.24) is 4.90 Å². The van der Waals surface area contributed by atoms with E-state index in [-0.39, 0.29) is 5.82 Å². The third-order valence-electron chi connectivity index (χ3n) is 3.84. The molecule has 0 atom stereocenters. The predicted molar refractivity (Wildman–Crippen MR) is 82.1 cm³/mol. The molecular formula is C15H20BrClFN. The molecule has 0 radical (unpaired) electrons. The topological polar surface area (TPSA) is 3.24 Å². The second kappa shape index (κ2) is 7.61. The Morgan fingerprint density at radius 1 is 1.26 bits per heavy atom. The molecule has 0 amide bonds. The standard InChI is InChI=1S/C15H20BrClFN/c16-13-6-7-15(18)12(10-13)11-19(9-8-17)14-4-2-1-3-5-14/h6-7,10,14H,1-5,8-9,11H2. The first kappa shape index (κ1) is 15.3. The van der Waals surface area contributed by atoms with E-state index < -0.39 is 0 Å². The number of hydrogen-bond acceptors (Lipinski definition) is 1. The van der Waals surface area contributed by atoms with Crippen LogP contribution in [0.15, 0.2) is 22.7 Å². The average Bonchev–Trinajstić information content (AvgIpc) is 2.43. The van der Waals surface area contributed by atoms with E-state index in [0.29, 0.717) is 18.5 Å². The highest BCUT2D eigenvalue weighted by Gasteiger charge is 2.21. The van der Waals surface area contributed by atoms with Gasteiger partial charge in [-0.2, -0.15) is 0 Å². The molecule has 2 rings (SSSR count). The Kier molecular flexibility index (Phi) is 6.11. The lowest BCUT2D eigenvalue weighted by Crippen LogP contribution is -2.37. The van der Waals surface area contributed by atoms with Crippen LogP contribution in [0.2, 0.25) is 0 Å². The summed E-state index contributed by atoms with van der Waals surface area (Å²) in [5, 5.41) is 0. The summed E-state index contributed by atoms with van der Waals surface area (Å²) in [4.78, 5) is 2.34. The van der Waals surface area contributed by atoms with Gasteiger partial charge in [-0.3, -0.25) is 4.90 Å². The number of nitrogens with zero attached hydrogens (tertiary/aromatic N) is 1. The minimum Gasteiger partial charge on any atom is -0.295 e. The van der Waals surface area contributed by atoms with Crippen molar-refractivity contribution < 1.29 is 4.39 Å². The minimum absolute atomic E-state index is 0.126. The predicted octanol–water partition coefficient (Wildman–Crippen LogP) is 4.96. The fraction of sp³-hybridized carbons (Fsp3) is 0.600. The summed E-state index contributed by atoms with van der Waals surface area (Å²) in [6.07, 6.45) is 6.32. The molecule has 1 aliphatic carbocycles. The van der Waals surface area contributed by atoms with Crippen molar-refractivity contribution in [1.29, 1.82) is 0 Å². The highest BCUT2D eigenvalue weighted by atomic mass is 79.9. The molecule has 4 heteroatoms. The van der Waals surface area contributed by atoms with E-state index >= 15 is 0 Å². The van der Waals surface area contributed by atoms with Gasteiger partial charge < -0.3 is 0 Å². The Hall–Kier alpha value is -0.120. The lowest BCUT2D eigenvalue weighted by Gasteiger charge is -2.34. The molecule has 19 heavy (non-hydrogen) atoms. The van der Waals surface area contributed by atoms with Crippen LogP contribution in [0.3, 0.4) is 0 Å². The van der Waals surface area contributed by atoms with Crippen LogP contribution >= 0.6 is 27.5 Å². The summed E-state index contributed by atoms with van der Waals surface area (Å²) < 4.78 is 14.8. The maximum absolute atomic E-state index is 13.9. The monoisotopic (exact) mass is 347 g/mol. The van der Waals surface area contributed by atoms with Crippen LogP contribution in [0.25, 0.3) is 0 Å². The molecule has 0 aliphatic heterocycles. The Labute approximate surface area is 128 Å². The van der Waals surface area contributed by atoms with Crippen molar-refractivity contribution in [2.45, 2.75) is 44.7 Å². The summed E-state index contributed by atoms with van der Waals surface area (Å²) in [5.74, 6) is 0.477. The first-order chi connectivity index (χ1) is 9.20. The van der Waals surface area contributed by atoms with Gasteiger partial charge in [0.25, 0.3) is 0 Å². The molecular weight excluding hydrogens is 329 g/mol. The largest absolute Gasteiger partial charge is 0.295 e. The van der Waals surface area contributed by atoms with Gasteiger partial charge in [0, 0.05) is 35.0 Å². The van der Waals surface area contributed by atoms with Crippen LogP contribution in [0, 0.1) is 5.82 Å². The first-order valence-corrected chi connectivity index (χ1v) is 8.27.